The molecular formula is C14H24N4. The first kappa shape index (κ1) is 13.3. The highest BCUT2D eigenvalue weighted by molar-refractivity contribution is 5.38. The summed E-state index contributed by atoms with van der Waals surface area (Å²) in [6.07, 6.45) is 3.34. The topological polar surface area (TPSA) is 49.8 Å². The van der Waals surface area contributed by atoms with Crippen molar-refractivity contribution in [2.45, 2.75) is 52.0 Å². The standard InChI is InChI=1S/C14H24N4/c1-4-13-17-12(10(2)3)8-14(18-13)16-11-6-5-7-15-9-11/h8,10-11,15H,4-7,9H2,1-3H3,(H,16,17,18). The molecule has 0 amide bonds. The van der Waals surface area contributed by atoms with Crippen molar-refractivity contribution in [2.75, 3.05) is 18.4 Å². The van der Waals surface area contributed by atoms with Crippen molar-refractivity contribution in [3.63, 3.8) is 0 Å². The molecule has 1 aromatic heterocycles. The van der Waals surface area contributed by atoms with Crippen LogP contribution in [0.2, 0.25) is 0 Å². The van der Waals surface area contributed by atoms with Gasteiger partial charge < -0.3 is 10.6 Å². The second-order valence-electron chi connectivity index (χ2n) is 5.29. The number of anilines is 1. The Morgan fingerprint density at radius 1 is 1.44 bits per heavy atom. The molecule has 4 heteroatoms. The van der Waals surface area contributed by atoms with E-state index in [1.807, 2.05) is 0 Å². The molecule has 0 saturated carbocycles. The lowest BCUT2D eigenvalue weighted by Crippen LogP contribution is -2.38. The number of aromatic nitrogens is 2. The van der Waals surface area contributed by atoms with Crippen LogP contribution in [0.5, 0.6) is 0 Å². The Kier molecular flexibility index (Phi) is 4.53. The van der Waals surface area contributed by atoms with Crippen molar-refractivity contribution in [1.29, 1.82) is 0 Å². The maximum absolute atomic E-state index is 4.58. The van der Waals surface area contributed by atoms with Gasteiger partial charge in [-0.2, -0.15) is 0 Å². The molecule has 2 N–H and O–H groups in total. The molecule has 1 saturated heterocycles. The van der Waals surface area contributed by atoms with Gasteiger partial charge in [-0.25, -0.2) is 9.97 Å². The van der Waals surface area contributed by atoms with Crippen LogP contribution in [0.3, 0.4) is 0 Å². The molecule has 4 nitrogen and oxygen atoms in total. The Labute approximate surface area is 110 Å². The van der Waals surface area contributed by atoms with Gasteiger partial charge in [-0.1, -0.05) is 20.8 Å². The van der Waals surface area contributed by atoms with Crippen LogP contribution >= 0.6 is 0 Å². The van der Waals surface area contributed by atoms with Gasteiger partial charge in [0.2, 0.25) is 0 Å². The predicted octanol–water partition coefficient (Wildman–Crippen LogP) is 2.33. The van der Waals surface area contributed by atoms with Gasteiger partial charge in [-0.15, -0.1) is 0 Å². The van der Waals surface area contributed by atoms with E-state index in [1.54, 1.807) is 0 Å². The Morgan fingerprint density at radius 3 is 2.89 bits per heavy atom. The van der Waals surface area contributed by atoms with Gasteiger partial charge in [-0.05, 0) is 25.3 Å². The first-order chi connectivity index (χ1) is 8.69. The minimum Gasteiger partial charge on any atom is -0.366 e. The van der Waals surface area contributed by atoms with Crippen LogP contribution in [0.4, 0.5) is 5.82 Å². The highest BCUT2D eigenvalue weighted by Gasteiger charge is 2.14. The summed E-state index contributed by atoms with van der Waals surface area (Å²) in [6.45, 7) is 8.62. The molecular weight excluding hydrogens is 224 g/mol. The molecule has 0 aliphatic carbocycles. The summed E-state index contributed by atoms with van der Waals surface area (Å²) in [5, 5.41) is 6.95. The molecule has 0 radical (unpaired) electrons. The van der Waals surface area contributed by atoms with Crippen LogP contribution < -0.4 is 10.6 Å². The van der Waals surface area contributed by atoms with E-state index >= 15 is 0 Å². The van der Waals surface area contributed by atoms with Gasteiger partial charge in [-0.3, -0.25) is 0 Å². The van der Waals surface area contributed by atoms with Gasteiger partial charge in [0.15, 0.2) is 0 Å². The van der Waals surface area contributed by atoms with E-state index in [2.05, 4.69) is 47.4 Å². The van der Waals surface area contributed by atoms with Crippen molar-refractivity contribution in [1.82, 2.24) is 15.3 Å². The fourth-order valence-corrected chi connectivity index (χ4v) is 2.23. The average Bonchev–Trinajstić information content (AvgIpc) is 2.39. The summed E-state index contributed by atoms with van der Waals surface area (Å²) in [5.41, 5.74) is 1.13. The number of piperidine rings is 1. The quantitative estimate of drug-likeness (QED) is 0.858. The van der Waals surface area contributed by atoms with E-state index in [0.717, 1.165) is 36.8 Å². The van der Waals surface area contributed by atoms with E-state index in [9.17, 15) is 0 Å². The highest BCUT2D eigenvalue weighted by Crippen LogP contribution is 2.17. The highest BCUT2D eigenvalue weighted by atomic mass is 15.1. The zero-order chi connectivity index (χ0) is 13.0. The summed E-state index contributed by atoms with van der Waals surface area (Å²) >= 11 is 0. The number of hydrogen-bond donors (Lipinski definition) is 2. The lowest BCUT2D eigenvalue weighted by molar-refractivity contribution is 0.478. The number of hydrogen-bond acceptors (Lipinski definition) is 4. The van der Waals surface area contributed by atoms with Crippen molar-refractivity contribution in [2.24, 2.45) is 0 Å². The molecule has 1 aliphatic rings. The van der Waals surface area contributed by atoms with Gasteiger partial charge in [0, 0.05) is 30.8 Å². The smallest absolute Gasteiger partial charge is 0.130 e. The molecule has 0 aromatic carbocycles. The normalized spacial score (nSPS) is 20.1. The van der Waals surface area contributed by atoms with E-state index in [1.165, 1.54) is 12.8 Å². The maximum Gasteiger partial charge on any atom is 0.130 e. The third-order valence-electron chi connectivity index (χ3n) is 3.35. The summed E-state index contributed by atoms with van der Waals surface area (Å²) in [5.74, 6) is 2.37. The van der Waals surface area contributed by atoms with Gasteiger partial charge in [0.25, 0.3) is 0 Å². The molecule has 1 aliphatic heterocycles. The second kappa shape index (κ2) is 6.14. The molecule has 2 heterocycles. The number of rotatable bonds is 4. The lowest BCUT2D eigenvalue weighted by Gasteiger charge is -2.24. The minimum absolute atomic E-state index is 0.448. The third kappa shape index (κ3) is 3.42. The summed E-state index contributed by atoms with van der Waals surface area (Å²) in [6, 6.07) is 2.59. The zero-order valence-corrected chi connectivity index (χ0v) is 11.7. The predicted molar refractivity (Wildman–Crippen MR) is 75.0 cm³/mol. The van der Waals surface area contributed by atoms with Crippen LogP contribution in [0, 0.1) is 0 Å². The number of aryl methyl sites for hydroxylation is 1. The Balaban J connectivity index is 2.12. The minimum atomic E-state index is 0.448. The van der Waals surface area contributed by atoms with Gasteiger partial charge in [0.1, 0.15) is 11.6 Å². The van der Waals surface area contributed by atoms with E-state index < -0.39 is 0 Å². The maximum atomic E-state index is 4.58. The number of nitrogens with one attached hydrogen (secondary N) is 2. The van der Waals surface area contributed by atoms with Crippen LogP contribution in [0.25, 0.3) is 0 Å². The van der Waals surface area contributed by atoms with E-state index in [0.29, 0.717) is 12.0 Å². The molecule has 1 aromatic rings. The SMILES string of the molecule is CCc1nc(NC2CCCNC2)cc(C(C)C)n1. The third-order valence-corrected chi connectivity index (χ3v) is 3.35. The zero-order valence-electron chi connectivity index (χ0n) is 11.7. The van der Waals surface area contributed by atoms with Crippen LogP contribution in [-0.2, 0) is 6.42 Å². The second-order valence-corrected chi connectivity index (χ2v) is 5.29. The van der Waals surface area contributed by atoms with Crippen molar-refractivity contribution < 1.29 is 0 Å². The fourth-order valence-electron chi connectivity index (χ4n) is 2.23. The van der Waals surface area contributed by atoms with Crippen LogP contribution in [-0.4, -0.2) is 29.1 Å². The van der Waals surface area contributed by atoms with Crippen LogP contribution in [0.1, 0.15) is 51.0 Å². The first-order valence-electron chi connectivity index (χ1n) is 7.04. The molecule has 1 fully saturated rings. The average molecular weight is 248 g/mol. The molecule has 2 rings (SSSR count). The monoisotopic (exact) mass is 248 g/mol. The Bertz CT molecular complexity index is 383. The summed E-state index contributed by atoms with van der Waals surface area (Å²) < 4.78 is 0. The molecule has 1 atom stereocenters. The summed E-state index contributed by atoms with van der Waals surface area (Å²) in [4.78, 5) is 9.16. The number of nitrogens with zero attached hydrogens (tertiary/aromatic N) is 2. The Hall–Kier alpha value is -1.16. The first-order valence-corrected chi connectivity index (χ1v) is 7.04. The van der Waals surface area contributed by atoms with Crippen molar-refractivity contribution >= 4 is 5.82 Å². The lowest BCUT2D eigenvalue weighted by atomic mass is 10.1. The largest absolute Gasteiger partial charge is 0.366 e. The Morgan fingerprint density at radius 2 is 2.28 bits per heavy atom. The molecule has 100 valence electrons. The van der Waals surface area contributed by atoms with Crippen LogP contribution in [0.15, 0.2) is 6.07 Å². The van der Waals surface area contributed by atoms with E-state index in [-0.39, 0.29) is 0 Å². The molecule has 0 spiro atoms. The van der Waals surface area contributed by atoms with Gasteiger partial charge >= 0.3 is 0 Å². The van der Waals surface area contributed by atoms with E-state index in [4.69, 9.17) is 0 Å². The van der Waals surface area contributed by atoms with Crippen molar-refractivity contribution in [3.05, 3.63) is 17.6 Å². The fraction of sp³-hybridized carbons (Fsp3) is 0.714. The summed E-state index contributed by atoms with van der Waals surface area (Å²) in [7, 11) is 0. The molecule has 0 bridgehead atoms. The molecule has 18 heavy (non-hydrogen) atoms. The van der Waals surface area contributed by atoms with Gasteiger partial charge in [0.05, 0.1) is 0 Å². The molecule has 1 unspecified atom stereocenters. The van der Waals surface area contributed by atoms with Crippen molar-refractivity contribution in [3.8, 4) is 0 Å².